The fourth-order valence-corrected chi connectivity index (χ4v) is 2.71. The first kappa shape index (κ1) is 16.2. The van der Waals surface area contributed by atoms with Crippen LogP contribution < -0.4 is 4.74 Å². The zero-order valence-electron chi connectivity index (χ0n) is 12.9. The highest BCUT2D eigenvalue weighted by Gasteiger charge is 2.28. The average Bonchev–Trinajstić information content (AvgIpc) is 3.06. The maximum Gasteiger partial charge on any atom is 0.251 e. The SMILES string of the molecule is N#Cc1nccnc1OC1CCN(C(=O)Cc2ccc(Cl)cc2)C1. The van der Waals surface area contributed by atoms with E-state index in [4.69, 9.17) is 21.6 Å². The summed E-state index contributed by atoms with van der Waals surface area (Å²) < 4.78 is 5.74. The number of benzene rings is 1. The van der Waals surface area contributed by atoms with E-state index < -0.39 is 0 Å². The Labute approximate surface area is 144 Å². The molecule has 0 bridgehead atoms. The van der Waals surface area contributed by atoms with Crippen LogP contribution in [-0.2, 0) is 11.2 Å². The number of halogens is 1. The Kier molecular flexibility index (Phi) is 4.92. The molecule has 1 aliphatic rings. The van der Waals surface area contributed by atoms with E-state index >= 15 is 0 Å². The van der Waals surface area contributed by atoms with Gasteiger partial charge in [-0.1, -0.05) is 23.7 Å². The molecule has 1 atom stereocenters. The summed E-state index contributed by atoms with van der Waals surface area (Å²) in [7, 11) is 0. The van der Waals surface area contributed by atoms with Crippen molar-refractivity contribution in [1.82, 2.24) is 14.9 Å². The molecule has 1 saturated heterocycles. The van der Waals surface area contributed by atoms with Crippen molar-refractivity contribution in [2.45, 2.75) is 18.9 Å². The summed E-state index contributed by atoms with van der Waals surface area (Å²) in [5.41, 5.74) is 1.08. The lowest BCUT2D eigenvalue weighted by Crippen LogP contribution is -2.32. The van der Waals surface area contributed by atoms with Gasteiger partial charge in [-0.25, -0.2) is 9.97 Å². The van der Waals surface area contributed by atoms with E-state index in [0.717, 1.165) is 5.56 Å². The first-order chi connectivity index (χ1) is 11.7. The van der Waals surface area contributed by atoms with Crippen molar-refractivity contribution in [1.29, 1.82) is 5.26 Å². The van der Waals surface area contributed by atoms with Crippen LogP contribution in [0.3, 0.4) is 0 Å². The average molecular weight is 343 g/mol. The van der Waals surface area contributed by atoms with Gasteiger partial charge in [0.05, 0.1) is 13.0 Å². The van der Waals surface area contributed by atoms with Crippen LogP contribution in [0.2, 0.25) is 5.02 Å². The number of nitriles is 1. The normalized spacial score (nSPS) is 16.7. The van der Waals surface area contributed by atoms with E-state index in [1.807, 2.05) is 18.2 Å². The number of nitrogens with zero attached hydrogens (tertiary/aromatic N) is 4. The Bertz CT molecular complexity index is 773. The molecule has 0 spiro atoms. The lowest BCUT2D eigenvalue weighted by Gasteiger charge is -2.17. The highest BCUT2D eigenvalue weighted by Crippen LogP contribution is 2.19. The molecule has 1 aromatic carbocycles. The van der Waals surface area contributed by atoms with Gasteiger partial charge in [0.25, 0.3) is 5.88 Å². The maximum absolute atomic E-state index is 12.4. The molecule has 1 amide bonds. The molecule has 24 heavy (non-hydrogen) atoms. The van der Waals surface area contributed by atoms with Crippen LogP contribution in [0, 0.1) is 11.3 Å². The molecular weight excluding hydrogens is 328 g/mol. The summed E-state index contributed by atoms with van der Waals surface area (Å²) in [5, 5.41) is 9.66. The Balaban J connectivity index is 1.58. The number of carbonyl (C=O) groups is 1. The molecule has 0 saturated carbocycles. The lowest BCUT2D eigenvalue weighted by atomic mass is 10.1. The van der Waals surface area contributed by atoms with E-state index in [2.05, 4.69) is 9.97 Å². The number of carbonyl (C=O) groups excluding carboxylic acids is 1. The lowest BCUT2D eigenvalue weighted by molar-refractivity contribution is -0.129. The number of aromatic nitrogens is 2. The Hall–Kier alpha value is -2.65. The number of likely N-dealkylation sites (tertiary alicyclic amines) is 1. The van der Waals surface area contributed by atoms with Crippen LogP contribution in [0.15, 0.2) is 36.7 Å². The number of hydrogen-bond acceptors (Lipinski definition) is 5. The van der Waals surface area contributed by atoms with Crippen LogP contribution in [0.25, 0.3) is 0 Å². The molecule has 3 rings (SSSR count). The van der Waals surface area contributed by atoms with E-state index in [-0.39, 0.29) is 23.6 Å². The van der Waals surface area contributed by atoms with Gasteiger partial charge in [-0.2, -0.15) is 5.26 Å². The fraction of sp³-hybridized carbons (Fsp3) is 0.294. The molecule has 2 heterocycles. The number of ether oxygens (including phenoxy) is 1. The smallest absolute Gasteiger partial charge is 0.251 e. The van der Waals surface area contributed by atoms with E-state index in [9.17, 15) is 4.79 Å². The van der Waals surface area contributed by atoms with Gasteiger partial charge in [0, 0.05) is 30.4 Å². The summed E-state index contributed by atoms with van der Waals surface area (Å²) in [6.07, 6.45) is 3.78. The second-order valence-corrected chi connectivity index (χ2v) is 5.93. The summed E-state index contributed by atoms with van der Waals surface area (Å²) in [6.45, 7) is 1.10. The minimum Gasteiger partial charge on any atom is -0.470 e. The van der Waals surface area contributed by atoms with Gasteiger partial charge in [0.1, 0.15) is 12.2 Å². The van der Waals surface area contributed by atoms with Gasteiger partial charge in [0.2, 0.25) is 11.6 Å². The minimum absolute atomic E-state index is 0.0445. The third kappa shape index (κ3) is 3.81. The van der Waals surface area contributed by atoms with Crippen LogP contribution >= 0.6 is 11.6 Å². The molecule has 0 aliphatic carbocycles. The van der Waals surface area contributed by atoms with Crippen molar-refractivity contribution in [3.8, 4) is 11.9 Å². The fourth-order valence-electron chi connectivity index (χ4n) is 2.59. The van der Waals surface area contributed by atoms with Gasteiger partial charge in [0.15, 0.2) is 0 Å². The Morgan fingerprint density at radius 1 is 1.33 bits per heavy atom. The zero-order valence-corrected chi connectivity index (χ0v) is 13.6. The second kappa shape index (κ2) is 7.28. The minimum atomic E-state index is -0.178. The highest BCUT2D eigenvalue weighted by molar-refractivity contribution is 6.30. The third-order valence-corrected chi connectivity index (χ3v) is 4.07. The van der Waals surface area contributed by atoms with Crippen molar-refractivity contribution in [3.05, 3.63) is 52.9 Å². The molecular formula is C17H15ClN4O2. The molecule has 7 heteroatoms. The van der Waals surface area contributed by atoms with Crippen LogP contribution in [-0.4, -0.2) is 40.0 Å². The van der Waals surface area contributed by atoms with Gasteiger partial charge >= 0.3 is 0 Å². The molecule has 6 nitrogen and oxygen atoms in total. The topological polar surface area (TPSA) is 79.1 Å². The van der Waals surface area contributed by atoms with Crippen molar-refractivity contribution in [2.24, 2.45) is 0 Å². The molecule has 0 N–H and O–H groups in total. The second-order valence-electron chi connectivity index (χ2n) is 5.49. The highest BCUT2D eigenvalue weighted by atomic mass is 35.5. The monoisotopic (exact) mass is 342 g/mol. The molecule has 1 fully saturated rings. The van der Waals surface area contributed by atoms with E-state index in [0.29, 0.717) is 31.0 Å². The zero-order chi connectivity index (χ0) is 16.9. The molecule has 2 aromatic rings. The third-order valence-electron chi connectivity index (χ3n) is 3.82. The van der Waals surface area contributed by atoms with Crippen LogP contribution in [0.5, 0.6) is 5.88 Å². The van der Waals surface area contributed by atoms with E-state index in [1.165, 1.54) is 12.4 Å². The van der Waals surface area contributed by atoms with Crippen molar-refractivity contribution in [2.75, 3.05) is 13.1 Å². The van der Waals surface area contributed by atoms with Crippen LogP contribution in [0.1, 0.15) is 17.7 Å². The predicted molar refractivity (Wildman–Crippen MR) is 87.5 cm³/mol. The standard InChI is InChI=1S/C17H15ClN4O2/c18-13-3-1-12(2-4-13)9-16(23)22-8-5-14(11-22)24-17-15(10-19)20-6-7-21-17/h1-4,6-7,14H,5,8-9,11H2. The summed E-state index contributed by atoms with van der Waals surface area (Å²) in [4.78, 5) is 22.1. The Morgan fingerprint density at radius 3 is 2.83 bits per heavy atom. The number of rotatable bonds is 4. The molecule has 1 unspecified atom stereocenters. The largest absolute Gasteiger partial charge is 0.470 e. The van der Waals surface area contributed by atoms with Crippen LogP contribution in [0.4, 0.5) is 0 Å². The quantitative estimate of drug-likeness (QED) is 0.851. The summed E-state index contributed by atoms with van der Waals surface area (Å²) in [6, 6.07) is 9.20. The van der Waals surface area contributed by atoms with Gasteiger partial charge in [-0.05, 0) is 17.7 Å². The predicted octanol–water partition coefficient (Wildman–Crippen LogP) is 2.22. The first-order valence-corrected chi connectivity index (χ1v) is 7.93. The molecule has 1 aliphatic heterocycles. The van der Waals surface area contributed by atoms with E-state index in [1.54, 1.807) is 17.0 Å². The van der Waals surface area contributed by atoms with Crippen molar-refractivity contribution >= 4 is 17.5 Å². The first-order valence-electron chi connectivity index (χ1n) is 7.55. The maximum atomic E-state index is 12.4. The van der Waals surface area contributed by atoms with Crippen molar-refractivity contribution < 1.29 is 9.53 Å². The number of hydrogen-bond donors (Lipinski definition) is 0. The Morgan fingerprint density at radius 2 is 2.08 bits per heavy atom. The number of amides is 1. The van der Waals surface area contributed by atoms with Gasteiger partial charge in [-0.15, -0.1) is 0 Å². The molecule has 0 radical (unpaired) electrons. The summed E-state index contributed by atoms with van der Waals surface area (Å²) in [5.74, 6) is 0.264. The van der Waals surface area contributed by atoms with Crippen molar-refractivity contribution in [3.63, 3.8) is 0 Å². The molecule has 1 aromatic heterocycles. The molecule has 122 valence electrons. The summed E-state index contributed by atoms with van der Waals surface area (Å²) >= 11 is 5.85. The van der Waals surface area contributed by atoms with Gasteiger partial charge < -0.3 is 9.64 Å². The van der Waals surface area contributed by atoms with Gasteiger partial charge in [-0.3, -0.25) is 4.79 Å².